The molecule has 7 heteroatoms. The molecule has 3 aromatic rings. The van der Waals surface area contributed by atoms with E-state index in [1.165, 1.54) is 16.8 Å². The Hall–Kier alpha value is -2.55. The van der Waals surface area contributed by atoms with Gasteiger partial charge in [0.25, 0.3) is 0 Å². The van der Waals surface area contributed by atoms with Crippen molar-refractivity contribution in [2.24, 2.45) is 4.99 Å². The van der Waals surface area contributed by atoms with Crippen LogP contribution in [0.5, 0.6) is 0 Å². The van der Waals surface area contributed by atoms with E-state index in [1.807, 2.05) is 25.5 Å². The molecule has 1 fully saturated rings. The molecule has 0 spiro atoms. The normalized spacial score (nSPS) is 16.1. The summed E-state index contributed by atoms with van der Waals surface area (Å²) in [7, 11) is 1.82. The van der Waals surface area contributed by atoms with Crippen molar-refractivity contribution in [2.45, 2.75) is 32.5 Å². The predicted molar refractivity (Wildman–Crippen MR) is 138 cm³/mol. The molecule has 1 aliphatic heterocycles. The first-order valence-electron chi connectivity index (χ1n) is 10.5. The number of anilines is 1. The second-order valence-electron chi connectivity index (χ2n) is 7.79. The summed E-state index contributed by atoms with van der Waals surface area (Å²) in [6.07, 6.45) is 4.97. The number of aromatic nitrogens is 2. The fourth-order valence-corrected chi connectivity index (χ4v) is 3.85. The molecule has 0 aliphatic carbocycles. The van der Waals surface area contributed by atoms with Crippen LogP contribution in [0.2, 0.25) is 0 Å². The lowest BCUT2D eigenvalue weighted by molar-refractivity contribution is 0.635. The zero-order valence-electron chi connectivity index (χ0n) is 18.2. The van der Waals surface area contributed by atoms with Crippen molar-refractivity contribution in [3.8, 4) is 0 Å². The van der Waals surface area contributed by atoms with Crippen molar-refractivity contribution in [1.82, 2.24) is 20.2 Å². The lowest BCUT2D eigenvalue weighted by Gasteiger charge is -2.20. The highest BCUT2D eigenvalue weighted by molar-refractivity contribution is 14.0. The highest BCUT2D eigenvalue weighted by Gasteiger charge is 2.23. The Morgan fingerprint density at radius 3 is 2.65 bits per heavy atom. The molecule has 2 heterocycles. The standard InChI is InChI=1S/C24H30N6.HI/c1-19-8-10-22(11-9-19)29-14-12-21(18-29)28-24(25-2)27-16-23-26-13-15-30(23)17-20-6-4-3-5-7-20;/h3-11,13,15,21H,12,14,16-18H2,1-2H3,(H2,25,27,28);1H. The van der Waals surface area contributed by atoms with Gasteiger partial charge in [0, 0.05) is 50.8 Å². The van der Waals surface area contributed by atoms with Crippen LogP contribution in [0.3, 0.4) is 0 Å². The van der Waals surface area contributed by atoms with E-state index in [-0.39, 0.29) is 24.0 Å². The minimum absolute atomic E-state index is 0. The van der Waals surface area contributed by atoms with Crippen LogP contribution in [-0.4, -0.2) is 41.7 Å². The van der Waals surface area contributed by atoms with Crippen molar-refractivity contribution >= 4 is 35.6 Å². The molecular formula is C24H31IN6. The molecule has 0 amide bonds. The lowest BCUT2D eigenvalue weighted by atomic mass is 10.2. The first-order chi connectivity index (χ1) is 14.7. The molecule has 2 N–H and O–H groups in total. The summed E-state index contributed by atoms with van der Waals surface area (Å²) < 4.78 is 2.17. The van der Waals surface area contributed by atoms with Crippen molar-refractivity contribution < 1.29 is 0 Å². The van der Waals surface area contributed by atoms with Crippen LogP contribution in [0.4, 0.5) is 5.69 Å². The fraction of sp³-hybridized carbons (Fsp3) is 0.333. The van der Waals surface area contributed by atoms with Crippen LogP contribution in [0.25, 0.3) is 0 Å². The van der Waals surface area contributed by atoms with Gasteiger partial charge in [-0.3, -0.25) is 4.99 Å². The molecule has 2 aromatic carbocycles. The zero-order valence-corrected chi connectivity index (χ0v) is 20.5. The number of imidazole rings is 1. The van der Waals surface area contributed by atoms with Gasteiger partial charge in [0.15, 0.2) is 5.96 Å². The van der Waals surface area contributed by atoms with Crippen molar-refractivity contribution in [1.29, 1.82) is 0 Å². The first kappa shape index (κ1) is 23.1. The van der Waals surface area contributed by atoms with Crippen LogP contribution in [0.1, 0.15) is 23.4 Å². The molecule has 1 atom stereocenters. The van der Waals surface area contributed by atoms with Gasteiger partial charge in [-0.2, -0.15) is 0 Å². The molecule has 4 rings (SSSR count). The van der Waals surface area contributed by atoms with E-state index >= 15 is 0 Å². The summed E-state index contributed by atoms with van der Waals surface area (Å²) >= 11 is 0. The average molecular weight is 530 g/mol. The third-order valence-electron chi connectivity index (χ3n) is 5.56. The highest BCUT2D eigenvalue weighted by atomic mass is 127. The van der Waals surface area contributed by atoms with Crippen LogP contribution < -0.4 is 15.5 Å². The average Bonchev–Trinajstić information content (AvgIpc) is 3.42. The Kier molecular flexibility index (Phi) is 8.34. The van der Waals surface area contributed by atoms with E-state index < -0.39 is 0 Å². The number of rotatable bonds is 6. The van der Waals surface area contributed by atoms with Gasteiger partial charge in [-0.15, -0.1) is 24.0 Å². The van der Waals surface area contributed by atoms with E-state index in [1.54, 1.807) is 0 Å². The molecule has 1 unspecified atom stereocenters. The molecule has 0 radical (unpaired) electrons. The molecule has 0 bridgehead atoms. The molecule has 31 heavy (non-hydrogen) atoms. The van der Waals surface area contributed by atoms with Gasteiger partial charge in [0.05, 0.1) is 6.54 Å². The van der Waals surface area contributed by atoms with E-state index in [2.05, 4.69) is 85.5 Å². The van der Waals surface area contributed by atoms with E-state index in [4.69, 9.17) is 0 Å². The minimum Gasteiger partial charge on any atom is -0.369 e. The summed E-state index contributed by atoms with van der Waals surface area (Å²) in [4.78, 5) is 11.4. The summed E-state index contributed by atoms with van der Waals surface area (Å²) in [6.45, 7) is 5.61. The van der Waals surface area contributed by atoms with Gasteiger partial charge in [0.2, 0.25) is 0 Å². The lowest BCUT2D eigenvalue weighted by Crippen LogP contribution is -2.44. The third-order valence-corrected chi connectivity index (χ3v) is 5.56. The number of guanidine groups is 1. The maximum absolute atomic E-state index is 4.52. The van der Waals surface area contributed by atoms with Gasteiger partial charge in [-0.1, -0.05) is 48.0 Å². The Labute approximate surface area is 201 Å². The fourth-order valence-electron chi connectivity index (χ4n) is 3.85. The number of aliphatic imine (C=N–C) groups is 1. The van der Waals surface area contributed by atoms with E-state index in [0.717, 1.165) is 37.8 Å². The summed E-state index contributed by atoms with van der Waals surface area (Å²) in [5.74, 6) is 1.81. The number of nitrogens with one attached hydrogen (secondary N) is 2. The van der Waals surface area contributed by atoms with Gasteiger partial charge < -0.3 is 20.1 Å². The van der Waals surface area contributed by atoms with Gasteiger partial charge in [-0.05, 0) is 31.0 Å². The second kappa shape index (κ2) is 11.2. The molecule has 6 nitrogen and oxygen atoms in total. The summed E-state index contributed by atoms with van der Waals surface area (Å²) in [5.41, 5.74) is 3.85. The Balaban J connectivity index is 0.00000272. The molecule has 164 valence electrons. The number of hydrogen-bond acceptors (Lipinski definition) is 3. The molecule has 1 aliphatic rings. The Morgan fingerprint density at radius 1 is 1.13 bits per heavy atom. The number of halogens is 1. The van der Waals surface area contributed by atoms with Crippen LogP contribution in [0, 0.1) is 6.92 Å². The van der Waals surface area contributed by atoms with Crippen LogP contribution in [0.15, 0.2) is 72.0 Å². The summed E-state index contributed by atoms with van der Waals surface area (Å²) in [5, 5.41) is 6.99. The molecule has 1 saturated heterocycles. The maximum atomic E-state index is 4.52. The third kappa shape index (κ3) is 6.22. The van der Waals surface area contributed by atoms with Gasteiger partial charge in [-0.25, -0.2) is 4.98 Å². The SMILES string of the molecule is CN=C(NCc1nccn1Cc1ccccc1)NC1CCN(c2ccc(C)cc2)C1.I. The minimum atomic E-state index is 0. The van der Waals surface area contributed by atoms with E-state index in [0.29, 0.717) is 12.6 Å². The predicted octanol–water partition coefficient (Wildman–Crippen LogP) is 3.80. The van der Waals surface area contributed by atoms with Crippen molar-refractivity contribution in [3.05, 3.63) is 83.9 Å². The Morgan fingerprint density at radius 2 is 1.90 bits per heavy atom. The maximum Gasteiger partial charge on any atom is 0.191 e. The van der Waals surface area contributed by atoms with Crippen LogP contribution >= 0.6 is 24.0 Å². The van der Waals surface area contributed by atoms with Crippen LogP contribution in [-0.2, 0) is 13.1 Å². The smallest absolute Gasteiger partial charge is 0.191 e. The van der Waals surface area contributed by atoms with Gasteiger partial charge in [0.1, 0.15) is 5.82 Å². The van der Waals surface area contributed by atoms with E-state index in [9.17, 15) is 0 Å². The zero-order chi connectivity index (χ0) is 20.8. The quantitative estimate of drug-likeness (QED) is 0.289. The summed E-state index contributed by atoms with van der Waals surface area (Å²) in [6, 6.07) is 19.6. The molecular weight excluding hydrogens is 499 g/mol. The topological polar surface area (TPSA) is 57.5 Å². The number of aryl methyl sites for hydroxylation is 1. The van der Waals surface area contributed by atoms with Crippen molar-refractivity contribution in [2.75, 3.05) is 25.0 Å². The number of benzene rings is 2. The highest BCUT2D eigenvalue weighted by Crippen LogP contribution is 2.20. The number of nitrogens with zero attached hydrogens (tertiary/aromatic N) is 4. The number of hydrogen-bond donors (Lipinski definition) is 2. The molecule has 1 aromatic heterocycles. The first-order valence-corrected chi connectivity index (χ1v) is 10.5. The molecule has 0 saturated carbocycles. The Bertz CT molecular complexity index is 967. The second-order valence-corrected chi connectivity index (χ2v) is 7.79. The van der Waals surface area contributed by atoms with Gasteiger partial charge >= 0.3 is 0 Å². The largest absolute Gasteiger partial charge is 0.369 e. The monoisotopic (exact) mass is 530 g/mol. The van der Waals surface area contributed by atoms with Crippen molar-refractivity contribution in [3.63, 3.8) is 0 Å².